The first-order valence-corrected chi connectivity index (χ1v) is 9.22. The van der Waals surface area contributed by atoms with Gasteiger partial charge in [-0.3, -0.25) is 0 Å². The van der Waals surface area contributed by atoms with Crippen LogP contribution in [0.25, 0.3) is 0 Å². The van der Waals surface area contributed by atoms with Gasteiger partial charge in [0.25, 0.3) is 0 Å². The number of rotatable bonds is 6. The number of nitrogens with zero attached hydrogens (tertiary/aromatic N) is 4. The summed E-state index contributed by atoms with van der Waals surface area (Å²) in [7, 11) is 0. The number of piperidine rings is 1. The van der Waals surface area contributed by atoms with E-state index in [0.717, 1.165) is 36.9 Å². The molecule has 1 atom stereocenters. The van der Waals surface area contributed by atoms with Crippen molar-refractivity contribution in [2.24, 2.45) is 5.92 Å². The maximum atomic E-state index is 4.47. The summed E-state index contributed by atoms with van der Waals surface area (Å²) in [6.45, 7) is 8.88. The highest BCUT2D eigenvalue weighted by Crippen LogP contribution is 2.25. The fourth-order valence-electron chi connectivity index (χ4n) is 2.93. The molecule has 0 spiro atoms. The van der Waals surface area contributed by atoms with Crippen molar-refractivity contribution >= 4 is 23.1 Å². The first-order chi connectivity index (χ1) is 12.1. The molecule has 2 heterocycles. The fourth-order valence-corrected chi connectivity index (χ4v) is 2.93. The highest BCUT2D eigenvalue weighted by Gasteiger charge is 2.15. The van der Waals surface area contributed by atoms with Crippen LogP contribution in [-0.4, -0.2) is 34.3 Å². The Hall–Kier alpha value is -2.37. The lowest BCUT2D eigenvalue weighted by Gasteiger charge is -2.32. The van der Waals surface area contributed by atoms with Gasteiger partial charge in [-0.25, -0.2) is 0 Å². The van der Waals surface area contributed by atoms with Crippen LogP contribution in [0.3, 0.4) is 0 Å². The summed E-state index contributed by atoms with van der Waals surface area (Å²) in [5.74, 6) is 2.09. The topological polar surface area (TPSA) is 66.0 Å². The minimum absolute atomic E-state index is 0.357. The molecule has 1 aliphatic heterocycles. The van der Waals surface area contributed by atoms with Crippen molar-refractivity contribution in [2.45, 2.75) is 46.1 Å². The van der Waals surface area contributed by atoms with E-state index in [1.807, 2.05) is 0 Å². The molecule has 1 aromatic carbocycles. The average Bonchev–Trinajstić information content (AvgIpc) is 2.63. The van der Waals surface area contributed by atoms with Crippen LogP contribution >= 0.6 is 0 Å². The zero-order valence-corrected chi connectivity index (χ0v) is 15.4. The summed E-state index contributed by atoms with van der Waals surface area (Å²) in [6, 6.07) is 8.83. The minimum atomic E-state index is 0.357. The Morgan fingerprint density at radius 1 is 1.20 bits per heavy atom. The predicted molar refractivity (Wildman–Crippen MR) is 104 cm³/mol. The van der Waals surface area contributed by atoms with Gasteiger partial charge in [0.2, 0.25) is 5.95 Å². The average molecular weight is 340 g/mol. The molecular formula is C19H28N6. The number of anilines is 4. The lowest BCUT2D eigenvalue weighted by Crippen LogP contribution is -2.32. The maximum Gasteiger partial charge on any atom is 0.249 e. The van der Waals surface area contributed by atoms with Gasteiger partial charge in [0.1, 0.15) is 0 Å². The molecule has 6 nitrogen and oxygen atoms in total. The molecule has 0 amide bonds. The third kappa shape index (κ3) is 4.81. The summed E-state index contributed by atoms with van der Waals surface area (Å²) >= 11 is 0. The normalized spacial score (nSPS) is 16.5. The first kappa shape index (κ1) is 17.5. The summed E-state index contributed by atoms with van der Waals surface area (Å²) in [6.07, 6.45) is 5.23. The zero-order chi connectivity index (χ0) is 17.6. The Kier molecular flexibility index (Phi) is 5.68. The number of benzene rings is 1. The van der Waals surface area contributed by atoms with E-state index in [9.17, 15) is 0 Å². The van der Waals surface area contributed by atoms with Crippen LogP contribution in [-0.2, 0) is 0 Å². The number of aromatic nitrogens is 3. The zero-order valence-electron chi connectivity index (χ0n) is 15.4. The number of hydrogen-bond acceptors (Lipinski definition) is 6. The van der Waals surface area contributed by atoms with Gasteiger partial charge in [0.05, 0.1) is 6.20 Å². The van der Waals surface area contributed by atoms with E-state index < -0.39 is 0 Å². The molecular weight excluding hydrogens is 312 g/mol. The Morgan fingerprint density at radius 2 is 1.92 bits per heavy atom. The molecule has 2 N–H and O–H groups in total. The second kappa shape index (κ2) is 8.14. The summed E-state index contributed by atoms with van der Waals surface area (Å²) in [5, 5.41) is 14.6. The Bertz CT molecular complexity index is 664. The summed E-state index contributed by atoms with van der Waals surface area (Å²) < 4.78 is 0. The Balaban J connectivity index is 1.62. The van der Waals surface area contributed by atoms with Gasteiger partial charge in [0.15, 0.2) is 5.82 Å². The van der Waals surface area contributed by atoms with Gasteiger partial charge >= 0.3 is 0 Å². The van der Waals surface area contributed by atoms with Gasteiger partial charge in [-0.2, -0.15) is 10.1 Å². The quantitative estimate of drug-likeness (QED) is 0.826. The molecule has 1 saturated heterocycles. The molecule has 1 aliphatic rings. The fraction of sp³-hybridized carbons (Fsp3) is 0.526. The van der Waals surface area contributed by atoms with Crippen LogP contribution < -0.4 is 15.5 Å². The van der Waals surface area contributed by atoms with Gasteiger partial charge in [-0.05, 0) is 56.4 Å². The summed E-state index contributed by atoms with van der Waals surface area (Å²) in [4.78, 5) is 6.93. The van der Waals surface area contributed by atoms with Gasteiger partial charge in [-0.1, -0.05) is 13.8 Å². The van der Waals surface area contributed by atoms with Crippen LogP contribution in [0.15, 0.2) is 30.5 Å². The molecule has 25 heavy (non-hydrogen) atoms. The second-order valence-electron chi connectivity index (χ2n) is 6.96. The van der Waals surface area contributed by atoms with Crippen molar-refractivity contribution in [3.63, 3.8) is 0 Å². The standard InChI is InChI=1S/C19H28N6/c1-4-15(3)21-18-13-20-24-19(23-18)22-16-5-7-17(8-6-16)25-11-9-14(2)10-12-25/h5-8,13-15H,4,9-12H2,1-3H3,(H2,21,22,23,24). The number of hydrogen-bond donors (Lipinski definition) is 2. The molecule has 2 aromatic rings. The first-order valence-electron chi connectivity index (χ1n) is 9.22. The van der Waals surface area contributed by atoms with Crippen molar-refractivity contribution < 1.29 is 0 Å². The molecule has 0 radical (unpaired) electrons. The highest BCUT2D eigenvalue weighted by molar-refractivity contribution is 5.59. The van der Waals surface area contributed by atoms with Crippen LogP contribution in [0.5, 0.6) is 0 Å². The second-order valence-corrected chi connectivity index (χ2v) is 6.96. The van der Waals surface area contributed by atoms with Crippen molar-refractivity contribution in [3.8, 4) is 0 Å². The molecule has 3 rings (SSSR count). The molecule has 1 unspecified atom stereocenters. The number of nitrogens with one attached hydrogen (secondary N) is 2. The largest absolute Gasteiger partial charge is 0.372 e. The molecule has 0 bridgehead atoms. The van der Waals surface area contributed by atoms with E-state index in [0.29, 0.717) is 12.0 Å². The third-order valence-corrected chi connectivity index (χ3v) is 4.84. The van der Waals surface area contributed by atoms with Gasteiger partial charge in [-0.15, -0.1) is 5.10 Å². The molecule has 6 heteroatoms. The molecule has 0 saturated carbocycles. The molecule has 0 aliphatic carbocycles. The van der Waals surface area contributed by atoms with E-state index in [-0.39, 0.29) is 0 Å². The molecule has 1 aromatic heterocycles. The van der Waals surface area contributed by atoms with Crippen molar-refractivity contribution in [1.29, 1.82) is 0 Å². The maximum absolute atomic E-state index is 4.47. The lowest BCUT2D eigenvalue weighted by atomic mass is 9.99. The highest BCUT2D eigenvalue weighted by atomic mass is 15.3. The molecule has 1 fully saturated rings. The van der Waals surface area contributed by atoms with Crippen molar-refractivity contribution in [3.05, 3.63) is 30.5 Å². The van der Waals surface area contributed by atoms with Crippen molar-refractivity contribution in [1.82, 2.24) is 15.2 Å². The minimum Gasteiger partial charge on any atom is -0.372 e. The van der Waals surface area contributed by atoms with E-state index in [2.05, 4.69) is 75.8 Å². The smallest absolute Gasteiger partial charge is 0.249 e. The lowest BCUT2D eigenvalue weighted by molar-refractivity contribution is 0.438. The van der Waals surface area contributed by atoms with Crippen molar-refractivity contribution in [2.75, 3.05) is 28.6 Å². The monoisotopic (exact) mass is 340 g/mol. The van der Waals surface area contributed by atoms with E-state index in [1.165, 1.54) is 18.5 Å². The third-order valence-electron chi connectivity index (χ3n) is 4.84. The van der Waals surface area contributed by atoms with Crippen LogP contribution in [0.1, 0.15) is 40.0 Å². The molecule has 134 valence electrons. The van der Waals surface area contributed by atoms with Gasteiger partial charge in [0, 0.05) is 30.5 Å². The van der Waals surface area contributed by atoms with E-state index in [1.54, 1.807) is 6.20 Å². The van der Waals surface area contributed by atoms with E-state index >= 15 is 0 Å². The van der Waals surface area contributed by atoms with Crippen LogP contribution in [0.2, 0.25) is 0 Å². The summed E-state index contributed by atoms with van der Waals surface area (Å²) in [5.41, 5.74) is 2.25. The SMILES string of the molecule is CCC(C)Nc1cnnc(Nc2ccc(N3CCC(C)CC3)cc2)n1. The predicted octanol–water partition coefficient (Wildman–Crippen LogP) is 4.06. The Labute approximate surface area is 150 Å². The van der Waals surface area contributed by atoms with E-state index in [4.69, 9.17) is 0 Å². The van der Waals surface area contributed by atoms with Crippen LogP contribution in [0, 0.1) is 5.92 Å². The Morgan fingerprint density at radius 3 is 2.60 bits per heavy atom. The van der Waals surface area contributed by atoms with Crippen LogP contribution in [0.4, 0.5) is 23.1 Å². The van der Waals surface area contributed by atoms with Gasteiger partial charge < -0.3 is 15.5 Å².